The van der Waals surface area contributed by atoms with Crippen LogP contribution in [0.15, 0.2) is 30.5 Å². The molecule has 0 aromatic carbocycles. The van der Waals surface area contributed by atoms with Crippen LogP contribution in [0.2, 0.25) is 0 Å². The number of carbonyl (C=O) groups is 1. The molecule has 2 aromatic heterocycles. The Hall–Kier alpha value is -2.10. The number of nitrogens with one attached hydrogen (secondary N) is 1. The fourth-order valence-electron chi connectivity index (χ4n) is 2.42. The highest BCUT2D eigenvalue weighted by atomic mass is 16.1. The van der Waals surface area contributed by atoms with Crippen molar-refractivity contribution in [3.63, 3.8) is 0 Å². The number of aryl methyl sites for hydroxylation is 1. The van der Waals surface area contributed by atoms with Crippen LogP contribution in [-0.2, 0) is 0 Å². The zero-order valence-electron chi connectivity index (χ0n) is 11.8. The number of anilines is 1. The molecule has 0 spiro atoms. The minimum Gasteiger partial charge on any atom is -0.346 e. The summed E-state index contributed by atoms with van der Waals surface area (Å²) < 4.78 is 2.16. The number of hydrogen-bond acceptors (Lipinski definition) is 2. The summed E-state index contributed by atoms with van der Waals surface area (Å²) in [6, 6.07) is 7.71. The fraction of sp³-hybridized carbons (Fsp3) is 0.333. The van der Waals surface area contributed by atoms with Crippen molar-refractivity contribution in [2.75, 3.05) is 5.32 Å². The summed E-state index contributed by atoms with van der Waals surface area (Å²) in [5.74, 6) is 0.459. The van der Waals surface area contributed by atoms with Gasteiger partial charge in [0.25, 0.3) is 5.91 Å². The first kappa shape index (κ1) is 13.3. The second-order valence-electron chi connectivity index (χ2n) is 4.92. The molecule has 0 radical (unpaired) electrons. The Morgan fingerprint density at radius 3 is 2.58 bits per heavy atom. The number of nitrogens with zero attached hydrogens (tertiary/aromatic N) is 2. The van der Waals surface area contributed by atoms with E-state index in [1.165, 1.54) is 0 Å². The lowest BCUT2D eigenvalue weighted by Gasteiger charge is -2.13. The molecule has 0 unspecified atom stereocenters. The smallest absolute Gasteiger partial charge is 0.258 e. The average molecular weight is 257 g/mol. The summed E-state index contributed by atoms with van der Waals surface area (Å²) in [5.41, 5.74) is 2.79. The molecule has 2 heterocycles. The van der Waals surface area contributed by atoms with E-state index in [1.54, 1.807) is 12.3 Å². The lowest BCUT2D eigenvalue weighted by molar-refractivity contribution is 0.102. The minimum absolute atomic E-state index is 0.112. The normalized spacial score (nSPS) is 10.8. The molecule has 2 rings (SSSR count). The van der Waals surface area contributed by atoms with Gasteiger partial charge in [-0.15, -0.1) is 0 Å². The lowest BCUT2D eigenvalue weighted by atomic mass is 10.2. The number of carbonyl (C=O) groups excluding carboxylic acids is 1. The Labute approximate surface area is 113 Å². The number of amides is 1. The van der Waals surface area contributed by atoms with Crippen molar-refractivity contribution < 1.29 is 4.79 Å². The molecule has 0 aliphatic carbocycles. The number of rotatable bonds is 3. The molecule has 100 valence electrons. The van der Waals surface area contributed by atoms with Crippen LogP contribution >= 0.6 is 0 Å². The van der Waals surface area contributed by atoms with E-state index in [0.29, 0.717) is 17.4 Å². The van der Waals surface area contributed by atoms with Gasteiger partial charge < -0.3 is 9.88 Å². The Bertz CT molecular complexity index is 585. The van der Waals surface area contributed by atoms with E-state index in [9.17, 15) is 4.79 Å². The van der Waals surface area contributed by atoms with Gasteiger partial charge in [0.2, 0.25) is 0 Å². The highest BCUT2D eigenvalue weighted by molar-refractivity contribution is 6.04. The van der Waals surface area contributed by atoms with Crippen LogP contribution in [0.25, 0.3) is 0 Å². The van der Waals surface area contributed by atoms with E-state index < -0.39 is 0 Å². The zero-order valence-corrected chi connectivity index (χ0v) is 11.8. The average Bonchev–Trinajstić information content (AvgIpc) is 2.66. The maximum Gasteiger partial charge on any atom is 0.258 e. The minimum atomic E-state index is -0.112. The van der Waals surface area contributed by atoms with Crippen molar-refractivity contribution in [2.45, 2.75) is 33.7 Å². The predicted octanol–water partition coefficient (Wildman–Crippen LogP) is 3.33. The van der Waals surface area contributed by atoms with E-state index in [0.717, 1.165) is 11.4 Å². The van der Waals surface area contributed by atoms with Gasteiger partial charge in [0.1, 0.15) is 5.82 Å². The Morgan fingerprint density at radius 2 is 2.05 bits per heavy atom. The first-order valence-corrected chi connectivity index (χ1v) is 6.41. The van der Waals surface area contributed by atoms with Gasteiger partial charge in [0, 0.05) is 23.6 Å². The van der Waals surface area contributed by atoms with Crippen LogP contribution in [0, 0.1) is 13.8 Å². The molecule has 1 amide bonds. The van der Waals surface area contributed by atoms with Crippen molar-refractivity contribution in [1.29, 1.82) is 0 Å². The lowest BCUT2D eigenvalue weighted by Crippen LogP contribution is -2.14. The van der Waals surface area contributed by atoms with Crippen molar-refractivity contribution in [1.82, 2.24) is 9.55 Å². The maximum absolute atomic E-state index is 12.3. The van der Waals surface area contributed by atoms with Crippen LogP contribution in [0.4, 0.5) is 5.82 Å². The van der Waals surface area contributed by atoms with Crippen molar-refractivity contribution in [2.24, 2.45) is 0 Å². The molecule has 4 nitrogen and oxygen atoms in total. The third-order valence-electron chi connectivity index (χ3n) is 3.15. The maximum atomic E-state index is 12.3. The number of pyridine rings is 1. The molecule has 0 saturated heterocycles. The van der Waals surface area contributed by atoms with Gasteiger partial charge in [-0.1, -0.05) is 6.07 Å². The van der Waals surface area contributed by atoms with Gasteiger partial charge in [-0.25, -0.2) is 4.98 Å². The molecular weight excluding hydrogens is 238 g/mol. The molecule has 0 bridgehead atoms. The summed E-state index contributed by atoms with van der Waals surface area (Å²) in [5, 5.41) is 2.82. The molecule has 19 heavy (non-hydrogen) atoms. The van der Waals surface area contributed by atoms with Gasteiger partial charge >= 0.3 is 0 Å². The highest BCUT2D eigenvalue weighted by Gasteiger charge is 2.17. The quantitative estimate of drug-likeness (QED) is 0.916. The van der Waals surface area contributed by atoms with Crippen molar-refractivity contribution in [3.8, 4) is 0 Å². The summed E-state index contributed by atoms with van der Waals surface area (Å²) >= 11 is 0. The highest BCUT2D eigenvalue weighted by Crippen LogP contribution is 2.20. The molecule has 1 N–H and O–H groups in total. The second-order valence-corrected chi connectivity index (χ2v) is 4.92. The van der Waals surface area contributed by atoms with Gasteiger partial charge in [0.15, 0.2) is 0 Å². The molecule has 2 aromatic rings. The van der Waals surface area contributed by atoms with Crippen LogP contribution in [-0.4, -0.2) is 15.5 Å². The van der Waals surface area contributed by atoms with Crippen molar-refractivity contribution in [3.05, 3.63) is 47.4 Å². The molecule has 0 aliphatic heterocycles. The Morgan fingerprint density at radius 1 is 1.32 bits per heavy atom. The fourth-order valence-corrected chi connectivity index (χ4v) is 2.42. The summed E-state index contributed by atoms with van der Waals surface area (Å²) in [7, 11) is 0. The van der Waals surface area contributed by atoms with Gasteiger partial charge in [0.05, 0.1) is 5.56 Å². The van der Waals surface area contributed by atoms with Gasteiger partial charge in [-0.3, -0.25) is 4.79 Å². The summed E-state index contributed by atoms with van der Waals surface area (Å²) in [4.78, 5) is 16.4. The van der Waals surface area contributed by atoms with Crippen LogP contribution in [0.1, 0.15) is 41.6 Å². The standard InChI is InChI=1S/C15H19N3O/c1-10(2)18-11(3)9-13(12(18)4)15(19)17-14-7-5-6-8-16-14/h5-10H,1-4H3,(H,16,17,19). The number of hydrogen-bond donors (Lipinski definition) is 1. The van der Waals surface area contributed by atoms with Crippen LogP contribution in [0.3, 0.4) is 0 Å². The predicted molar refractivity (Wildman–Crippen MR) is 76.5 cm³/mol. The first-order valence-electron chi connectivity index (χ1n) is 6.41. The Kier molecular flexibility index (Phi) is 3.69. The molecule has 0 aliphatic rings. The summed E-state index contributed by atoms with van der Waals surface area (Å²) in [6.45, 7) is 8.21. The van der Waals surface area contributed by atoms with Gasteiger partial charge in [-0.05, 0) is 45.9 Å². The summed E-state index contributed by atoms with van der Waals surface area (Å²) in [6.07, 6.45) is 1.66. The molecule has 4 heteroatoms. The molecule has 0 saturated carbocycles. The third kappa shape index (κ3) is 2.67. The van der Waals surface area contributed by atoms with E-state index in [-0.39, 0.29) is 5.91 Å². The van der Waals surface area contributed by atoms with Gasteiger partial charge in [-0.2, -0.15) is 0 Å². The second kappa shape index (κ2) is 5.26. The van der Waals surface area contributed by atoms with Crippen LogP contribution in [0.5, 0.6) is 0 Å². The monoisotopic (exact) mass is 257 g/mol. The van der Waals surface area contributed by atoms with Crippen LogP contribution < -0.4 is 5.32 Å². The molecular formula is C15H19N3O. The van der Waals surface area contributed by atoms with E-state index in [1.807, 2.05) is 32.0 Å². The van der Waals surface area contributed by atoms with E-state index >= 15 is 0 Å². The van der Waals surface area contributed by atoms with E-state index in [2.05, 4.69) is 28.7 Å². The topological polar surface area (TPSA) is 46.9 Å². The molecule has 0 atom stereocenters. The SMILES string of the molecule is Cc1cc(C(=O)Nc2ccccn2)c(C)n1C(C)C. The van der Waals surface area contributed by atoms with E-state index in [4.69, 9.17) is 0 Å². The first-order chi connectivity index (χ1) is 9.00. The zero-order chi connectivity index (χ0) is 14.0. The number of aromatic nitrogens is 2. The molecule has 0 fully saturated rings. The van der Waals surface area contributed by atoms with Crippen molar-refractivity contribution >= 4 is 11.7 Å². The largest absolute Gasteiger partial charge is 0.346 e. The third-order valence-corrected chi connectivity index (χ3v) is 3.15. The Balaban J connectivity index is 2.28.